The summed E-state index contributed by atoms with van der Waals surface area (Å²) >= 11 is 0. The molecule has 0 aromatic carbocycles. The van der Waals surface area contributed by atoms with Crippen LogP contribution in [0.25, 0.3) is 0 Å². The fraction of sp³-hybridized carbons (Fsp3) is 0.571. The predicted molar refractivity (Wildman–Crippen MR) is 40.3 cm³/mol. The van der Waals surface area contributed by atoms with Gasteiger partial charge in [-0.05, 0) is 0 Å². The van der Waals surface area contributed by atoms with Gasteiger partial charge in [0.15, 0.2) is 0 Å². The Hall–Kier alpha value is -1.03. The second-order valence-corrected chi connectivity index (χ2v) is 2.51. The standard InChI is InChI=1S/C7H12N2O2/c1-6(4-10)5-11-7-2-3-8-9-7/h2-3,6,10H,4-5H2,1H3,(H,8,9). The molecule has 62 valence electrons. The Kier molecular flexibility index (Phi) is 2.92. The molecule has 1 rings (SSSR count). The topological polar surface area (TPSA) is 58.1 Å². The third-order valence-corrected chi connectivity index (χ3v) is 1.30. The second-order valence-electron chi connectivity index (χ2n) is 2.51. The maximum absolute atomic E-state index is 8.66. The number of rotatable bonds is 4. The first kappa shape index (κ1) is 8.07. The van der Waals surface area contributed by atoms with Crippen LogP contribution in [0.5, 0.6) is 5.88 Å². The Morgan fingerprint density at radius 1 is 1.82 bits per heavy atom. The fourth-order valence-electron chi connectivity index (χ4n) is 0.607. The smallest absolute Gasteiger partial charge is 0.232 e. The minimum Gasteiger partial charge on any atom is -0.476 e. The number of hydrogen-bond donors (Lipinski definition) is 2. The zero-order valence-electron chi connectivity index (χ0n) is 6.45. The lowest BCUT2D eigenvalue weighted by atomic mass is 10.2. The van der Waals surface area contributed by atoms with Gasteiger partial charge in [0.05, 0.1) is 6.61 Å². The van der Waals surface area contributed by atoms with Gasteiger partial charge in [-0.25, -0.2) is 0 Å². The van der Waals surface area contributed by atoms with Crippen molar-refractivity contribution in [1.29, 1.82) is 0 Å². The van der Waals surface area contributed by atoms with Gasteiger partial charge in [-0.3, -0.25) is 5.10 Å². The summed E-state index contributed by atoms with van der Waals surface area (Å²) in [6.45, 7) is 2.55. The van der Waals surface area contributed by atoms with Crippen LogP contribution in [0.2, 0.25) is 0 Å². The molecule has 0 fully saturated rings. The number of aliphatic hydroxyl groups is 1. The fourth-order valence-corrected chi connectivity index (χ4v) is 0.607. The molecule has 2 N–H and O–H groups in total. The molecule has 0 saturated heterocycles. The largest absolute Gasteiger partial charge is 0.476 e. The van der Waals surface area contributed by atoms with Gasteiger partial charge in [0, 0.05) is 24.8 Å². The Labute approximate surface area is 65.2 Å². The molecule has 1 heterocycles. The van der Waals surface area contributed by atoms with E-state index >= 15 is 0 Å². The van der Waals surface area contributed by atoms with Crippen LogP contribution in [0, 0.1) is 5.92 Å². The summed E-state index contributed by atoms with van der Waals surface area (Å²) in [7, 11) is 0. The van der Waals surface area contributed by atoms with Crippen molar-refractivity contribution in [2.75, 3.05) is 13.2 Å². The van der Waals surface area contributed by atoms with E-state index in [0.29, 0.717) is 12.5 Å². The second kappa shape index (κ2) is 3.98. The van der Waals surface area contributed by atoms with E-state index in [1.54, 1.807) is 12.3 Å². The zero-order valence-corrected chi connectivity index (χ0v) is 6.45. The van der Waals surface area contributed by atoms with Crippen molar-refractivity contribution in [2.45, 2.75) is 6.92 Å². The van der Waals surface area contributed by atoms with Crippen molar-refractivity contribution in [3.63, 3.8) is 0 Å². The van der Waals surface area contributed by atoms with E-state index in [4.69, 9.17) is 9.84 Å². The average molecular weight is 156 g/mol. The van der Waals surface area contributed by atoms with Crippen LogP contribution in [-0.2, 0) is 0 Å². The van der Waals surface area contributed by atoms with Gasteiger partial charge in [-0.15, -0.1) is 5.10 Å². The van der Waals surface area contributed by atoms with Crippen LogP contribution in [0.15, 0.2) is 12.3 Å². The van der Waals surface area contributed by atoms with E-state index in [1.165, 1.54) is 0 Å². The number of aliphatic hydroxyl groups excluding tert-OH is 1. The molecule has 0 bridgehead atoms. The van der Waals surface area contributed by atoms with Gasteiger partial charge in [0.25, 0.3) is 0 Å². The third-order valence-electron chi connectivity index (χ3n) is 1.30. The molecule has 0 aliphatic carbocycles. The van der Waals surface area contributed by atoms with E-state index in [2.05, 4.69) is 10.2 Å². The molecular formula is C7H12N2O2. The highest BCUT2D eigenvalue weighted by atomic mass is 16.5. The molecule has 0 spiro atoms. The molecule has 0 saturated carbocycles. The Bertz CT molecular complexity index is 186. The summed E-state index contributed by atoms with van der Waals surface area (Å²) in [5.41, 5.74) is 0. The third kappa shape index (κ3) is 2.59. The first-order valence-corrected chi connectivity index (χ1v) is 3.56. The summed E-state index contributed by atoms with van der Waals surface area (Å²) in [4.78, 5) is 0. The van der Waals surface area contributed by atoms with Gasteiger partial charge in [0.2, 0.25) is 5.88 Å². The van der Waals surface area contributed by atoms with Gasteiger partial charge < -0.3 is 9.84 Å². The lowest BCUT2D eigenvalue weighted by molar-refractivity contribution is 0.171. The number of hydrogen-bond acceptors (Lipinski definition) is 3. The highest BCUT2D eigenvalue weighted by Crippen LogP contribution is 2.04. The number of ether oxygens (including phenoxy) is 1. The molecule has 1 unspecified atom stereocenters. The molecule has 0 amide bonds. The molecule has 1 aromatic rings. The number of aromatic amines is 1. The first-order chi connectivity index (χ1) is 5.33. The maximum atomic E-state index is 8.66. The van der Waals surface area contributed by atoms with Crippen LogP contribution in [-0.4, -0.2) is 28.5 Å². The lowest BCUT2D eigenvalue weighted by Gasteiger charge is -2.06. The predicted octanol–water partition coefficient (Wildman–Crippen LogP) is 0.417. The molecule has 0 aliphatic rings. The highest BCUT2D eigenvalue weighted by molar-refractivity contribution is 5.03. The summed E-state index contributed by atoms with van der Waals surface area (Å²) in [6.07, 6.45) is 1.69. The summed E-state index contributed by atoms with van der Waals surface area (Å²) in [6, 6.07) is 1.74. The van der Waals surface area contributed by atoms with Crippen molar-refractivity contribution in [3.05, 3.63) is 12.3 Å². The van der Waals surface area contributed by atoms with Gasteiger partial charge in [-0.1, -0.05) is 6.92 Å². The molecule has 0 aliphatic heterocycles. The van der Waals surface area contributed by atoms with E-state index in [9.17, 15) is 0 Å². The van der Waals surface area contributed by atoms with Crippen molar-refractivity contribution in [2.24, 2.45) is 5.92 Å². The monoisotopic (exact) mass is 156 g/mol. The molecule has 1 atom stereocenters. The minimum atomic E-state index is 0.143. The van der Waals surface area contributed by atoms with Crippen molar-refractivity contribution < 1.29 is 9.84 Å². The minimum absolute atomic E-state index is 0.143. The van der Waals surface area contributed by atoms with Gasteiger partial charge in [0.1, 0.15) is 0 Å². The Balaban J connectivity index is 2.23. The lowest BCUT2D eigenvalue weighted by Crippen LogP contribution is -2.12. The normalized spacial score (nSPS) is 12.9. The molecule has 1 aromatic heterocycles. The van der Waals surface area contributed by atoms with Crippen LogP contribution < -0.4 is 4.74 Å². The molecule has 4 nitrogen and oxygen atoms in total. The Morgan fingerprint density at radius 2 is 2.64 bits per heavy atom. The SMILES string of the molecule is CC(CO)COc1cc[nH]n1. The number of nitrogens with one attached hydrogen (secondary N) is 1. The quantitative estimate of drug-likeness (QED) is 0.664. The van der Waals surface area contributed by atoms with Crippen molar-refractivity contribution >= 4 is 0 Å². The zero-order chi connectivity index (χ0) is 8.10. The summed E-state index contributed by atoms with van der Waals surface area (Å²) in [5, 5.41) is 15.1. The average Bonchev–Trinajstić information content (AvgIpc) is 2.52. The van der Waals surface area contributed by atoms with Crippen molar-refractivity contribution in [3.8, 4) is 5.88 Å². The van der Waals surface area contributed by atoms with Gasteiger partial charge in [-0.2, -0.15) is 0 Å². The van der Waals surface area contributed by atoms with Crippen LogP contribution in [0.3, 0.4) is 0 Å². The molecule has 11 heavy (non-hydrogen) atoms. The summed E-state index contributed by atoms with van der Waals surface area (Å²) < 4.78 is 5.20. The van der Waals surface area contributed by atoms with Crippen molar-refractivity contribution in [1.82, 2.24) is 10.2 Å². The molecule has 4 heteroatoms. The van der Waals surface area contributed by atoms with E-state index in [1.807, 2.05) is 6.92 Å². The first-order valence-electron chi connectivity index (χ1n) is 3.56. The van der Waals surface area contributed by atoms with E-state index < -0.39 is 0 Å². The van der Waals surface area contributed by atoms with Gasteiger partial charge >= 0.3 is 0 Å². The van der Waals surface area contributed by atoms with E-state index in [-0.39, 0.29) is 12.5 Å². The molecular weight excluding hydrogens is 144 g/mol. The molecule has 0 radical (unpaired) electrons. The number of nitrogens with zero attached hydrogens (tertiary/aromatic N) is 1. The van der Waals surface area contributed by atoms with E-state index in [0.717, 1.165) is 0 Å². The van der Waals surface area contributed by atoms with Crippen LogP contribution >= 0.6 is 0 Å². The summed E-state index contributed by atoms with van der Waals surface area (Å²) in [5.74, 6) is 0.733. The number of H-pyrrole nitrogens is 1. The highest BCUT2D eigenvalue weighted by Gasteiger charge is 2.01. The maximum Gasteiger partial charge on any atom is 0.232 e. The van der Waals surface area contributed by atoms with Crippen LogP contribution in [0.4, 0.5) is 0 Å². The van der Waals surface area contributed by atoms with Crippen LogP contribution in [0.1, 0.15) is 6.92 Å². The Morgan fingerprint density at radius 3 is 3.18 bits per heavy atom. The number of aromatic nitrogens is 2.